The molecule has 0 spiro atoms. The molecular weight excluding hydrogens is 425 g/mol. The molecular formula is C22H15ClFN3O4. The number of nitrogens with one attached hydrogen (secondary N) is 1. The molecule has 4 aromatic rings. The smallest absolute Gasteiger partial charge is 0.273 e. The van der Waals surface area contributed by atoms with Gasteiger partial charge in [-0.25, -0.2) is 9.37 Å². The summed E-state index contributed by atoms with van der Waals surface area (Å²) < 4.78 is 20.0. The Morgan fingerprint density at radius 1 is 1.19 bits per heavy atom. The number of rotatable bonds is 4. The fourth-order valence-electron chi connectivity index (χ4n) is 3.20. The van der Waals surface area contributed by atoms with Gasteiger partial charge >= 0.3 is 0 Å². The van der Waals surface area contributed by atoms with Gasteiger partial charge in [-0.05, 0) is 48.5 Å². The molecule has 7 nitrogen and oxygen atoms in total. The van der Waals surface area contributed by atoms with Crippen molar-refractivity contribution in [2.45, 2.75) is 0 Å². The SMILES string of the molecule is COc1ccc(NC(=O)c2c(O)c3cccnc3n(-c3cccc(F)c3)c2=O)cc1Cl. The zero-order chi connectivity index (χ0) is 22.1. The van der Waals surface area contributed by atoms with Gasteiger partial charge in [-0.2, -0.15) is 0 Å². The van der Waals surface area contributed by atoms with Crippen LogP contribution in [-0.2, 0) is 0 Å². The number of anilines is 1. The van der Waals surface area contributed by atoms with E-state index in [9.17, 15) is 19.1 Å². The molecule has 0 fully saturated rings. The number of ether oxygens (including phenoxy) is 1. The highest BCUT2D eigenvalue weighted by Gasteiger charge is 2.24. The van der Waals surface area contributed by atoms with Crippen molar-refractivity contribution in [1.82, 2.24) is 9.55 Å². The quantitative estimate of drug-likeness (QED) is 0.498. The lowest BCUT2D eigenvalue weighted by molar-refractivity contribution is 0.102. The Balaban J connectivity index is 1.89. The highest BCUT2D eigenvalue weighted by atomic mass is 35.5. The van der Waals surface area contributed by atoms with Crippen molar-refractivity contribution in [1.29, 1.82) is 0 Å². The first-order valence-electron chi connectivity index (χ1n) is 9.04. The molecule has 2 N–H and O–H groups in total. The number of amides is 1. The summed E-state index contributed by atoms with van der Waals surface area (Å²) in [5, 5.41) is 13.7. The Hall–Kier alpha value is -3.91. The van der Waals surface area contributed by atoms with Gasteiger partial charge in [-0.3, -0.25) is 14.2 Å². The highest BCUT2D eigenvalue weighted by molar-refractivity contribution is 6.32. The molecule has 0 unspecified atom stereocenters. The summed E-state index contributed by atoms with van der Waals surface area (Å²) in [4.78, 5) is 30.4. The van der Waals surface area contributed by atoms with Gasteiger partial charge in [-0.15, -0.1) is 0 Å². The lowest BCUT2D eigenvalue weighted by Gasteiger charge is -2.14. The van der Waals surface area contributed by atoms with Crippen LogP contribution in [0, 0.1) is 5.82 Å². The number of aromatic hydroxyl groups is 1. The molecule has 2 aromatic carbocycles. The summed E-state index contributed by atoms with van der Waals surface area (Å²) in [6, 6.07) is 12.9. The van der Waals surface area contributed by atoms with E-state index in [1.807, 2.05) is 0 Å². The Kier molecular flexibility index (Phi) is 5.31. The van der Waals surface area contributed by atoms with Gasteiger partial charge in [0.05, 0.1) is 23.2 Å². The molecule has 31 heavy (non-hydrogen) atoms. The van der Waals surface area contributed by atoms with Crippen molar-refractivity contribution in [3.05, 3.63) is 87.6 Å². The molecule has 2 aromatic heterocycles. The number of halogens is 2. The molecule has 0 aliphatic carbocycles. The first kappa shape index (κ1) is 20.4. The molecule has 0 aliphatic heterocycles. The summed E-state index contributed by atoms with van der Waals surface area (Å²) >= 11 is 6.08. The van der Waals surface area contributed by atoms with Crippen LogP contribution in [0.5, 0.6) is 11.5 Å². The zero-order valence-corrected chi connectivity index (χ0v) is 16.9. The van der Waals surface area contributed by atoms with E-state index in [4.69, 9.17) is 16.3 Å². The third-order valence-electron chi connectivity index (χ3n) is 4.61. The maximum absolute atomic E-state index is 13.8. The van der Waals surface area contributed by atoms with Crippen LogP contribution in [0.4, 0.5) is 10.1 Å². The molecule has 156 valence electrons. The van der Waals surface area contributed by atoms with Gasteiger partial charge in [0.1, 0.15) is 22.9 Å². The van der Waals surface area contributed by atoms with Gasteiger partial charge in [0.15, 0.2) is 5.65 Å². The molecule has 0 bridgehead atoms. The van der Waals surface area contributed by atoms with Gasteiger partial charge < -0.3 is 15.2 Å². The van der Waals surface area contributed by atoms with Crippen LogP contribution in [0.3, 0.4) is 0 Å². The lowest BCUT2D eigenvalue weighted by Crippen LogP contribution is -2.29. The van der Waals surface area contributed by atoms with Gasteiger partial charge in [-0.1, -0.05) is 17.7 Å². The van der Waals surface area contributed by atoms with E-state index in [1.54, 1.807) is 12.1 Å². The number of carbonyl (C=O) groups is 1. The van der Waals surface area contributed by atoms with E-state index < -0.39 is 28.6 Å². The summed E-state index contributed by atoms with van der Waals surface area (Å²) in [5.41, 5.74) is -0.837. The van der Waals surface area contributed by atoms with Crippen LogP contribution in [0.2, 0.25) is 5.02 Å². The van der Waals surface area contributed by atoms with E-state index in [2.05, 4.69) is 10.3 Å². The first-order chi connectivity index (χ1) is 14.9. The fraction of sp³-hybridized carbons (Fsp3) is 0.0455. The molecule has 0 saturated carbocycles. The third-order valence-corrected chi connectivity index (χ3v) is 4.91. The van der Waals surface area contributed by atoms with E-state index in [0.717, 1.165) is 10.6 Å². The number of hydrogen-bond donors (Lipinski definition) is 2. The van der Waals surface area contributed by atoms with Crippen LogP contribution in [0.1, 0.15) is 10.4 Å². The molecule has 0 saturated heterocycles. The van der Waals surface area contributed by atoms with Crippen LogP contribution < -0.4 is 15.6 Å². The molecule has 0 atom stereocenters. The van der Waals surface area contributed by atoms with Crippen LogP contribution in [0.25, 0.3) is 16.7 Å². The predicted molar refractivity (Wildman–Crippen MR) is 115 cm³/mol. The van der Waals surface area contributed by atoms with Gasteiger partial charge in [0.2, 0.25) is 0 Å². The number of hydrogen-bond acceptors (Lipinski definition) is 5. The average molecular weight is 440 g/mol. The summed E-state index contributed by atoms with van der Waals surface area (Å²) in [6.07, 6.45) is 1.43. The Morgan fingerprint density at radius 3 is 2.71 bits per heavy atom. The van der Waals surface area contributed by atoms with Crippen molar-refractivity contribution in [3.8, 4) is 17.2 Å². The van der Waals surface area contributed by atoms with Crippen molar-refractivity contribution >= 4 is 34.2 Å². The monoisotopic (exact) mass is 439 g/mol. The van der Waals surface area contributed by atoms with E-state index in [0.29, 0.717) is 5.75 Å². The predicted octanol–water partition coefficient (Wildman–Crippen LogP) is 4.14. The number of pyridine rings is 2. The van der Waals surface area contributed by atoms with E-state index >= 15 is 0 Å². The largest absolute Gasteiger partial charge is 0.506 e. The number of methoxy groups -OCH3 is 1. The molecule has 2 heterocycles. The van der Waals surface area contributed by atoms with Crippen molar-refractivity contribution < 1.29 is 19.0 Å². The summed E-state index contributed by atoms with van der Waals surface area (Å²) in [7, 11) is 1.45. The van der Waals surface area contributed by atoms with Crippen molar-refractivity contribution in [2.75, 3.05) is 12.4 Å². The second-order valence-electron chi connectivity index (χ2n) is 6.52. The van der Waals surface area contributed by atoms with Crippen LogP contribution in [0.15, 0.2) is 65.6 Å². The van der Waals surface area contributed by atoms with Crippen LogP contribution >= 0.6 is 11.6 Å². The van der Waals surface area contributed by atoms with Crippen molar-refractivity contribution in [2.24, 2.45) is 0 Å². The minimum Gasteiger partial charge on any atom is -0.506 e. The lowest BCUT2D eigenvalue weighted by atomic mass is 10.1. The topological polar surface area (TPSA) is 93.4 Å². The number of aromatic nitrogens is 2. The first-order valence-corrected chi connectivity index (χ1v) is 9.42. The second kappa shape index (κ2) is 8.08. The molecule has 9 heteroatoms. The highest BCUT2D eigenvalue weighted by Crippen LogP contribution is 2.30. The van der Waals surface area contributed by atoms with Gasteiger partial charge in [0.25, 0.3) is 11.5 Å². The minimum absolute atomic E-state index is 0.0830. The normalized spacial score (nSPS) is 10.8. The molecule has 0 aliphatic rings. The maximum atomic E-state index is 13.8. The number of nitrogens with zero attached hydrogens (tertiary/aromatic N) is 2. The maximum Gasteiger partial charge on any atom is 0.273 e. The van der Waals surface area contributed by atoms with Crippen molar-refractivity contribution in [3.63, 3.8) is 0 Å². The molecule has 0 radical (unpaired) electrons. The molecule has 4 rings (SSSR count). The van der Waals surface area contributed by atoms with E-state index in [1.165, 1.54) is 49.7 Å². The summed E-state index contributed by atoms with van der Waals surface area (Å²) in [6.45, 7) is 0. The average Bonchev–Trinajstić information content (AvgIpc) is 2.74. The minimum atomic E-state index is -0.861. The third kappa shape index (κ3) is 3.69. The van der Waals surface area contributed by atoms with Gasteiger partial charge in [0, 0.05) is 11.9 Å². The standard InChI is InChI=1S/C22H15ClFN3O4/c1-31-17-8-7-13(11-16(17)23)26-21(29)18-19(28)15-6-3-9-25-20(15)27(22(18)30)14-5-2-4-12(24)10-14/h2-11,28H,1H3,(H,26,29). The number of benzene rings is 2. The van der Waals surface area contributed by atoms with Crippen LogP contribution in [-0.4, -0.2) is 27.7 Å². The Bertz CT molecular complexity index is 1390. The Labute approximate surface area is 180 Å². The molecule has 1 amide bonds. The Morgan fingerprint density at radius 2 is 2.00 bits per heavy atom. The fourth-order valence-corrected chi connectivity index (χ4v) is 3.46. The summed E-state index contributed by atoms with van der Waals surface area (Å²) in [5.74, 6) is -1.55. The number of fused-ring (bicyclic) bond motifs is 1. The second-order valence-corrected chi connectivity index (χ2v) is 6.93. The zero-order valence-electron chi connectivity index (χ0n) is 16.1. The number of carbonyl (C=O) groups excluding carboxylic acids is 1. The van der Waals surface area contributed by atoms with E-state index in [-0.39, 0.29) is 27.4 Å².